The molecule has 3 N–H and O–H groups in total. The first kappa shape index (κ1) is 19.8. The van der Waals surface area contributed by atoms with Crippen molar-refractivity contribution in [1.29, 1.82) is 0 Å². The minimum Gasteiger partial charge on any atom is -0.359 e. The number of anilines is 2. The van der Waals surface area contributed by atoms with E-state index in [0.29, 0.717) is 10.9 Å². The molecule has 2 aromatic carbocycles. The van der Waals surface area contributed by atoms with Crippen LogP contribution in [0.2, 0.25) is 0 Å². The Morgan fingerprint density at radius 1 is 1.14 bits per heavy atom. The lowest BCUT2D eigenvalue weighted by Crippen LogP contribution is -2.27. The molecule has 0 aliphatic heterocycles. The van der Waals surface area contributed by atoms with Crippen LogP contribution in [0.4, 0.5) is 28.9 Å². The van der Waals surface area contributed by atoms with Crippen LogP contribution in [0, 0.1) is 5.82 Å². The van der Waals surface area contributed by atoms with Crippen molar-refractivity contribution < 1.29 is 30.8 Å². The van der Waals surface area contributed by atoms with Crippen molar-refractivity contribution in [3.05, 3.63) is 54.0 Å². The third-order valence-corrected chi connectivity index (χ3v) is 4.96. The molecule has 3 rings (SSSR count). The van der Waals surface area contributed by atoms with Crippen LogP contribution < -0.4 is 10.0 Å². The molecule has 1 amide bonds. The molecule has 0 spiro atoms. The summed E-state index contributed by atoms with van der Waals surface area (Å²) in [4.78, 5) is 14.9. The number of benzene rings is 2. The van der Waals surface area contributed by atoms with E-state index in [2.05, 4.69) is 4.98 Å². The zero-order valence-electron chi connectivity index (χ0n) is 14.2. The smallest absolute Gasteiger partial charge is 0.359 e. The Labute approximate surface area is 156 Å². The molecule has 0 radical (unpaired) electrons. The predicted octanol–water partition coefficient (Wildman–Crippen LogP) is 3.66. The summed E-state index contributed by atoms with van der Waals surface area (Å²) in [5.41, 5.74) is -1.78. The van der Waals surface area contributed by atoms with Crippen LogP contribution in [0.5, 0.6) is 0 Å². The average Bonchev–Trinajstić information content (AvgIpc) is 2.98. The number of H-pyrrole nitrogens is 1. The Morgan fingerprint density at radius 2 is 1.79 bits per heavy atom. The van der Waals surface area contributed by atoms with E-state index < -0.39 is 44.1 Å². The van der Waals surface area contributed by atoms with E-state index in [1.165, 1.54) is 6.20 Å². The summed E-state index contributed by atoms with van der Waals surface area (Å²) in [7, 11) is -4.65. The maximum absolute atomic E-state index is 14.0. The van der Waals surface area contributed by atoms with Crippen LogP contribution in [-0.4, -0.2) is 19.3 Å². The van der Waals surface area contributed by atoms with Gasteiger partial charge < -0.3 is 4.98 Å². The second kappa shape index (κ2) is 6.60. The number of nitrogens with zero attached hydrogens (tertiary/aromatic N) is 1. The summed E-state index contributed by atoms with van der Waals surface area (Å²) < 4.78 is 77.3. The molecule has 28 heavy (non-hydrogen) atoms. The molecule has 0 saturated carbocycles. The largest absolute Gasteiger partial charge is 0.419 e. The van der Waals surface area contributed by atoms with Crippen molar-refractivity contribution >= 4 is 38.2 Å². The molecule has 0 unspecified atom stereocenters. The molecule has 148 valence electrons. The minimum absolute atomic E-state index is 0.0905. The highest BCUT2D eigenvalue weighted by molar-refractivity contribution is 7.89. The molecule has 1 aromatic heterocycles. The van der Waals surface area contributed by atoms with Crippen LogP contribution in [0.15, 0.2) is 47.5 Å². The molecule has 11 heteroatoms. The fourth-order valence-electron chi connectivity index (χ4n) is 2.87. The Balaban J connectivity index is 2.39. The van der Waals surface area contributed by atoms with E-state index in [1.54, 1.807) is 24.3 Å². The number of rotatable bonds is 3. The number of carbonyl (C=O) groups is 1. The number of aromatic amines is 1. The van der Waals surface area contributed by atoms with Gasteiger partial charge in [-0.25, -0.2) is 17.9 Å². The predicted molar refractivity (Wildman–Crippen MR) is 93.9 cm³/mol. The van der Waals surface area contributed by atoms with E-state index in [4.69, 9.17) is 5.14 Å². The zero-order valence-corrected chi connectivity index (χ0v) is 15.0. The lowest BCUT2D eigenvalue weighted by Gasteiger charge is -2.24. The van der Waals surface area contributed by atoms with Gasteiger partial charge in [0.2, 0.25) is 15.9 Å². The first-order valence-corrected chi connectivity index (χ1v) is 9.26. The van der Waals surface area contributed by atoms with E-state index in [-0.39, 0.29) is 17.8 Å². The van der Waals surface area contributed by atoms with Gasteiger partial charge in [-0.05, 0) is 18.2 Å². The average molecular weight is 415 g/mol. The summed E-state index contributed by atoms with van der Waals surface area (Å²) in [5.74, 6) is -2.61. The number of hydrogen-bond acceptors (Lipinski definition) is 3. The molecular weight excluding hydrogens is 402 g/mol. The Hall–Kier alpha value is -2.92. The molecule has 3 aromatic rings. The van der Waals surface area contributed by atoms with Crippen LogP contribution >= 0.6 is 0 Å². The summed E-state index contributed by atoms with van der Waals surface area (Å²) in [6.45, 7) is 1.03. The number of para-hydroxylation sites is 1. The van der Waals surface area contributed by atoms with Gasteiger partial charge in [-0.1, -0.05) is 18.2 Å². The van der Waals surface area contributed by atoms with Crippen molar-refractivity contribution in [2.45, 2.75) is 18.0 Å². The first-order valence-electron chi connectivity index (χ1n) is 7.71. The lowest BCUT2D eigenvalue weighted by atomic mass is 10.1. The highest BCUT2D eigenvalue weighted by Gasteiger charge is 2.37. The summed E-state index contributed by atoms with van der Waals surface area (Å²) in [5, 5.41) is 5.51. The Kier molecular flexibility index (Phi) is 4.68. The van der Waals surface area contributed by atoms with Gasteiger partial charge in [0.1, 0.15) is 10.7 Å². The van der Waals surface area contributed by atoms with Gasteiger partial charge in [0.05, 0.1) is 16.9 Å². The van der Waals surface area contributed by atoms with Gasteiger partial charge in [-0.15, -0.1) is 0 Å². The topological polar surface area (TPSA) is 96.3 Å². The highest BCUT2D eigenvalue weighted by Crippen LogP contribution is 2.40. The van der Waals surface area contributed by atoms with Crippen LogP contribution in [0.25, 0.3) is 10.9 Å². The van der Waals surface area contributed by atoms with E-state index in [0.717, 1.165) is 11.8 Å². The number of carbonyl (C=O) groups excluding carboxylic acids is 1. The van der Waals surface area contributed by atoms with Crippen molar-refractivity contribution in [2.75, 3.05) is 4.90 Å². The number of halogens is 4. The van der Waals surface area contributed by atoms with Crippen molar-refractivity contribution in [3.8, 4) is 0 Å². The number of fused-ring (bicyclic) bond motifs is 1. The van der Waals surface area contributed by atoms with Crippen LogP contribution in [-0.2, 0) is 21.0 Å². The van der Waals surface area contributed by atoms with E-state index >= 15 is 0 Å². The van der Waals surface area contributed by atoms with E-state index in [9.17, 15) is 30.8 Å². The van der Waals surface area contributed by atoms with Crippen LogP contribution in [0.1, 0.15) is 12.5 Å². The number of hydrogen-bond donors (Lipinski definition) is 2. The Morgan fingerprint density at radius 3 is 2.36 bits per heavy atom. The van der Waals surface area contributed by atoms with Gasteiger partial charge in [-0.2, -0.15) is 13.2 Å². The molecule has 0 atom stereocenters. The zero-order chi connectivity index (χ0) is 20.9. The molecule has 0 saturated heterocycles. The van der Waals surface area contributed by atoms with Gasteiger partial charge in [0.25, 0.3) is 0 Å². The van der Waals surface area contributed by atoms with Crippen molar-refractivity contribution in [3.63, 3.8) is 0 Å². The fourth-order valence-corrected chi connectivity index (χ4v) is 3.58. The quantitative estimate of drug-likeness (QED) is 0.639. The molecule has 6 nitrogen and oxygen atoms in total. The standard InChI is InChI=1S/C17H13F4N3O3S/c1-9(25)24(15-8-23-13-5-3-2-4-10(13)15)14-6-11(17(19,20)21)12(18)7-16(14)28(22,26)27/h2-8,23H,1H3,(H2,22,26,27). The number of nitrogens with one attached hydrogen (secondary N) is 1. The second-order valence-electron chi connectivity index (χ2n) is 5.92. The number of aromatic nitrogens is 1. The molecule has 0 aliphatic carbocycles. The fraction of sp³-hybridized carbons (Fsp3) is 0.118. The summed E-state index contributed by atoms with van der Waals surface area (Å²) >= 11 is 0. The molecule has 0 aliphatic rings. The van der Waals surface area contributed by atoms with Gasteiger partial charge in [0, 0.05) is 24.0 Å². The maximum atomic E-state index is 14.0. The Bertz CT molecular complexity index is 1190. The van der Waals surface area contributed by atoms with Crippen molar-refractivity contribution in [2.24, 2.45) is 5.14 Å². The second-order valence-corrected chi connectivity index (χ2v) is 7.45. The number of nitrogens with two attached hydrogens (primary N) is 1. The molecule has 1 heterocycles. The van der Waals surface area contributed by atoms with Gasteiger partial charge >= 0.3 is 6.18 Å². The lowest BCUT2D eigenvalue weighted by molar-refractivity contribution is -0.140. The SMILES string of the molecule is CC(=O)N(c1cc(C(F)(F)F)c(F)cc1S(N)(=O)=O)c1c[nH]c2ccccc12. The van der Waals surface area contributed by atoms with Crippen LogP contribution in [0.3, 0.4) is 0 Å². The molecule has 0 bridgehead atoms. The summed E-state index contributed by atoms with van der Waals surface area (Å²) in [6, 6.07) is 6.99. The maximum Gasteiger partial charge on any atom is 0.419 e. The van der Waals surface area contributed by atoms with E-state index in [1.807, 2.05) is 0 Å². The molecular formula is C17H13F4N3O3S. The van der Waals surface area contributed by atoms with Gasteiger partial charge in [0.15, 0.2) is 0 Å². The highest BCUT2D eigenvalue weighted by atomic mass is 32.2. The third-order valence-electron chi connectivity index (χ3n) is 4.02. The van der Waals surface area contributed by atoms with Crippen molar-refractivity contribution in [1.82, 2.24) is 4.98 Å². The monoisotopic (exact) mass is 415 g/mol. The third kappa shape index (κ3) is 3.45. The minimum atomic E-state index is -5.11. The first-order chi connectivity index (χ1) is 12.9. The summed E-state index contributed by atoms with van der Waals surface area (Å²) in [6.07, 6.45) is -3.78. The number of alkyl halides is 3. The molecule has 0 fully saturated rings. The normalized spacial score (nSPS) is 12.4. The number of sulfonamides is 1. The number of amides is 1. The number of primary sulfonamides is 1. The van der Waals surface area contributed by atoms with Gasteiger partial charge in [-0.3, -0.25) is 9.69 Å².